The molecular formula is C17H12F8O3. The van der Waals surface area contributed by atoms with Gasteiger partial charge in [-0.1, -0.05) is 0 Å². The number of alkyl halides is 7. The first-order valence-corrected chi connectivity index (χ1v) is 7.20. The zero-order chi connectivity index (χ0) is 21.8. The standard InChI is InChI=1S/C16H8F8O2.CH4O/c17-12-7-9(8-25)1-6-13(12)26-11-4-2-10(3-5-11)14(18,19)15(20,21)16(22,23)24;1-2/h1-8H;2H,1H3. The molecule has 0 spiro atoms. The summed E-state index contributed by atoms with van der Waals surface area (Å²) in [6.45, 7) is 0. The minimum Gasteiger partial charge on any atom is -0.454 e. The van der Waals surface area contributed by atoms with Crippen LogP contribution in [0, 0.1) is 5.82 Å². The summed E-state index contributed by atoms with van der Waals surface area (Å²) >= 11 is 0. The van der Waals surface area contributed by atoms with Gasteiger partial charge in [0, 0.05) is 18.2 Å². The van der Waals surface area contributed by atoms with Crippen LogP contribution in [0.5, 0.6) is 11.5 Å². The van der Waals surface area contributed by atoms with E-state index in [0.29, 0.717) is 30.6 Å². The molecule has 0 heterocycles. The predicted molar refractivity (Wildman–Crippen MR) is 81.3 cm³/mol. The lowest BCUT2D eigenvalue weighted by Gasteiger charge is -2.28. The third-order valence-electron chi connectivity index (χ3n) is 3.29. The van der Waals surface area contributed by atoms with E-state index in [1.54, 1.807) is 0 Å². The van der Waals surface area contributed by atoms with Crippen LogP contribution in [0.25, 0.3) is 0 Å². The molecule has 3 nitrogen and oxygen atoms in total. The number of benzene rings is 2. The summed E-state index contributed by atoms with van der Waals surface area (Å²) in [7, 11) is 1.00. The van der Waals surface area contributed by atoms with E-state index in [2.05, 4.69) is 0 Å². The summed E-state index contributed by atoms with van der Waals surface area (Å²) < 4.78 is 108. The average Bonchev–Trinajstić information content (AvgIpc) is 2.64. The van der Waals surface area contributed by atoms with Crippen molar-refractivity contribution in [3.63, 3.8) is 0 Å². The van der Waals surface area contributed by atoms with Gasteiger partial charge >= 0.3 is 18.0 Å². The zero-order valence-corrected chi connectivity index (χ0v) is 13.9. The van der Waals surface area contributed by atoms with Crippen LogP contribution in [0.3, 0.4) is 0 Å². The number of ether oxygens (including phenoxy) is 1. The van der Waals surface area contributed by atoms with Crippen molar-refractivity contribution in [2.24, 2.45) is 0 Å². The van der Waals surface area contributed by atoms with Crippen LogP contribution in [-0.4, -0.2) is 30.6 Å². The second-order valence-electron chi connectivity index (χ2n) is 5.08. The number of aliphatic hydroxyl groups excluding tert-OH is 1. The SMILES string of the molecule is CO.O=Cc1ccc(Oc2ccc(C(F)(F)C(F)(F)C(F)(F)F)cc2)c(F)c1. The summed E-state index contributed by atoms with van der Waals surface area (Å²) in [6.07, 6.45) is -6.08. The molecule has 0 aliphatic heterocycles. The largest absolute Gasteiger partial charge is 0.460 e. The minimum absolute atomic E-state index is 0.000720. The van der Waals surface area contributed by atoms with Crippen molar-refractivity contribution in [1.82, 2.24) is 0 Å². The molecule has 0 atom stereocenters. The number of carbonyl (C=O) groups is 1. The number of rotatable bonds is 5. The number of aliphatic hydroxyl groups is 1. The Labute approximate surface area is 153 Å². The molecule has 0 bridgehead atoms. The third kappa shape index (κ3) is 4.58. The smallest absolute Gasteiger partial charge is 0.454 e. The lowest BCUT2D eigenvalue weighted by Crippen LogP contribution is -2.49. The highest BCUT2D eigenvalue weighted by Crippen LogP contribution is 2.51. The fraction of sp³-hybridized carbons (Fsp3) is 0.235. The van der Waals surface area contributed by atoms with Crippen LogP contribution in [0.4, 0.5) is 35.1 Å². The van der Waals surface area contributed by atoms with Gasteiger partial charge in [-0.2, -0.15) is 30.7 Å². The highest BCUT2D eigenvalue weighted by Gasteiger charge is 2.73. The number of hydrogen-bond acceptors (Lipinski definition) is 3. The molecule has 0 aromatic heterocycles. The van der Waals surface area contributed by atoms with Crippen molar-refractivity contribution in [2.45, 2.75) is 18.0 Å². The van der Waals surface area contributed by atoms with Gasteiger partial charge in [0.15, 0.2) is 11.6 Å². The molecule has 2 aromatic carbocycles. The Morgan fingerprint density at radius 2 is 1.43 bits per heavy atom. The molecule has 0 amide bonds. The maximum atomic E-state index is 13.7. The van der Waals surface area contributed by atoms with Crippen molar-refractivity contribution in [3.05, 3.63) is 59.4 Å². The van der Waals surface area contributed by atoms with Gasteiger partial charge < -0.3 is 9.84 Å². The molecule has 0 fully saturated rings. The van der Waals surface area contributed by atoms with E-state index >= 15 is 0 Å². The molecule has 11 heteroatoms. The summed E-state index contributed by atoms with van der Waals surface area (Å²) in [5, 5.41) is 7.00. The fourth-order valence-corrected chi connectivity index (χ4v) is 1.89. The Hall–Kier alpha value is -2.69. The maximum absolute atomic E-state index is 13.7. The normalized spacial score (nSPS) is 12.1. The van der Waals surface area contributed by atoms with Crippen LogP contribution in [0.2, 0.25) is 0 Å². The molecular weight excluding hydrogens is 404 g/mol. The van der Waals surface area contributed by atoms with Crippen molar-refractivity contribution >= 4 is 6.29 Å². The Bertz CT molecular complexity index is 801. The van der Waals surface area contributed by atoms with Crippen LogP contribution in [0.1, 0.15) is 15.9 Å². The van der Waals surface area contributed by atoms with E-state index in [4.69, 9.17) is 9.84 Å². The van der Waals surface area contributed by atoms with Crippen molar-refractivity contribution in [1.29, 1.82) is 0 Å². The van der Waals surface area contributed by atoms with Gasteiger partial charge in [-0.15, -0.1) is 0 Å². The third-order valence-corrected chi connectivity index (χ3v) is 3.29. The Balaban J connectivity index is 0.00000190. The van der Waals surface area contributed by atoms with Crippen LogP contribution < -0.4 is 4.74 Å². The lowest BCUT2D eigenvalue weighted by molar-refractivity contribution is -0.359. The second kappa shape index (κ2) is 8.55. The monoisotopic (exact) mass is 416 g/mol. The molecule has 0 aliphatic carbocycles. The molecule has 0 radical (unpaired) electrons. The molecule has 28 heavy (non-hydrogen) atoms. The van der Waals surface area contributed by atoms with E-state index in [1.165, 1.54) is 6.07 Å². The molecule has 0 saturated heterocycles. The summed E-state index contributed by atoms with van der Waals surface area (Å²) in [5.41, 5.74) is -1.59. The molecule has 2 rings (SSSR count). The highest BCUT2D eigenvalue weighted by atomic mass is 19.4. The second-order valence-corrected chi connectivity index (χ2v) is 5.08. The number of halogens is 8. The molecule has 1 N–H and O–H groups in total. The van der Waals surface area contributed by atoms with Gasteiger partial charge in [0.05, 0.1) is 0 Å². The first-order chi connectivity index (χ1) is 12.9. The van der Waals surface area contributed by atoms with Crippen molar-refractivity contribution in [3.8, 4) is 11.5 Å². The Morgan fingerprint density at radius 3 is 1.86 bits per heavy atom. The number of carbonyl (C=O) groups excluding carboxylic acids is 1. The van der Waals surface area contributed by atoms with Crippen LogP contribution >= 0.6 is 0 Å². The topological polar surface area (TPSA) is 46.5 Å². The van der Waals surface area contributed by atoms with Gasteiger partial charge in [-0.05, 0) is 42.5 Å². The van der Waals surface area contributed by atoms with E-state index in [0.717, 1.165) is 19.2 Å². The van der Waals surface area contributed by atoms with Crippen molar-refractivity contribution < 1.29 is 49.8 Å². The Morgan fingerprint density at radius 1 is 0.893 bits per heavy atom. The first kappa shape index (κ1) is 23.3. The summed E-state index contributed by atoms with van der Waals surface area (Å²) in [5.74, 6) is -13.5. The molecule has 0 aliphatic rings. The number of hydrogen-bond donors (Lipinski definition) is 1. The van der Waals surface area contributed by atoms with Gasteiger partial charge in [0.2, 0.25) is 0 Å². The first-order valence-electron chi connectivity index (χ1n) is 7.20. The molecule has 2 aromatic rings. The Kier molecular flexibility index (Phi) is 7.13. The maximum Gasteiger partial charge on any atom is 0.460 e. The molecule has 0 unspecified atom stereocenters. The molecule has 0 saturated carbocycles. The van der Waals surface area contributed by atoms with E-state index < -0.39 is 35.2 Å². The lowest BCUT2D eigenvalue weighted by atomic mass is 10.0. The summed E-state index contributed by atoms with van der Waals surface area (Å²) in [6, 6.07) is 5.07. The van der Waals surface area contributed by atoms with Crippen LogP contribution in [0.15, 0.2) is 42.5 Å². The van der Waals surface area contributed by atoms with E-state index in [9.17, 15) is 39.9 Å². The summed E-state index contributed by atoms with van der Waals surface area (Å²) in [4.78, 5) is 10.5. The van der Waals surface area contributed by atoms with Gasteiger partial charge in [-0.3, -0.25) is 4.79 Å². The van der Waals surface area contributed by atoms with Crippen LogP contribution in [-0.2, 0) is 5.92 Å². The predicted octanol–water partition coefficient (Wildman–Crippen LogP) is 5.33. The zero-order valence-electron chi connectivity index (χ0n) is 13.9. The van der Waals surface area contributed by atoms with E-state index in [1.807, 2.05) is 0 Å². The number of aldehydes is 1. The van der Waals surface area contributed by atoms with Gasteiger partial charge in [0.1, 0.15) is 12.0 Å². The van der Waals surface area contributed by atoms with Gasteiger partial charge in [-0.25, -0.2) is 4.39 Å². The van der Waals surface area contributed by atoms with Gasteiger partial charge in [0.25, 0.3) is 0 Å². The van der Waals surface area contributed by atoms with E-state index in [-0.39, 0.29) is 11.3 Å². The highest BCUT2D eigenvalue weighted by molar-refractivity contribution is 5.75. The minimum atomic E-state index is -6.45. The average molecular weight is 416 g/mol. The van der Waals surface area contributed by atoms with Crippen molar-refractivity contribution in [2.75, 3.05) is 7.11 Å². The quantitative estimate of drug-likeness (QED) is 0.530. The molecule has 154 valence electrons. The fourth-order valence-electron chi connectivity index (χ4n) is 1.89.